The first-order valence-corrected chi connectivity index (χ1v) is 5.22. The molecule has 0 aliphatic heterocycles. The monoisotopic (exact) mass is 263 g/mol. The van der Waals surface area contributed by atoms with E-state index in [4.69, 9.17) is 0 Å². The van der Waals surface area contributed by atoms with Crippen molar-refractivity contribution in [2.24, 2.45) is 0 Å². The van der Waals surface area contributed by atoms with E-state index in [2.05, 4.69) is 0 Å². The second kappa shape index (κ2) is 4.93. The Morgan fingerprint density at radius 2 is 1.68 bits per heavy atom. The average Bonchev–Trinajstić information content (AvgIpc) is 2.39. The normalized spacial score (nSPS) is 10.2. The third-order valence-electron chi connectivity index (χ3n) is 2.63. The third kappa shape index (κ3) is 2.33. The summed E-state index contributed by atoms with van der Waals surface area (Å²) in [5.74, 6) is -1.93. The molecule has 6 heteroatoms. The van der Waals surface area contributed by atoms with Gasteiger partial charge in [0.15, 0.2) is 6.29 Å². The number of hydrogen-bond donors (Lipinski definition) is 0. The number of benzene rings is 2. The molecule has 0 saturated heterocycles. The van der Waals surface area contributed by atoms with E-state index < -0.39 is 22.1 Å². The van der Waals surface area contributed by atoms with Crippen molar-refractivity contribution >= 4 is 12.0 Å². The molecule has 0 heterocycles. The van der Waals surface area contributed by atoms with Crippen LogP contribution in [0, 0.1) is 21.7 Å². The van der Waals surface area contributed by atoms with Crippen LogP contribution in [0.1, 0.15) is 10.4 Å². The lowest BCUT2D eigenvalue weighted by Gasteiger charge is -2.05. The van der Waals surface area contributed by atoms with Crippen LogP contribution in [-0.2, 0) is 0 Å². The zero-order valence-corrected chi connectivity index (χ0v) is 9.47. The van der Waals surface area contributed by atoms with Gasteiger partial charge in [0, 0.05) is 17.7 Å². The van der Waals surface area contributed by atoms with Gasteiger partial charge in [-0.05, 0) is 29.8 Å². The Morgan fingerprint density at radius 3 is 2.21 bits per heavy atom. The molecule has 4 nitrogen and oxygen atoms in total. The third-order valence-corrected chi connectivity index (χ3v) is 2.63. The summed E-state index contributed by atoms with van der Waals surface area (Å²) >= 11 is 0. The summed E-state index contributed by atoms with van der Waals surface area (Å²) in [6, 6.07) is 7.24. The molecule has 0 unspecified atom stereocenters. The number of carbonyl (C=O) groups excluding carboxylic acids is 1. The first-order valence-electron chi connectivity index (χ1n) is 5.22. The van der Waals surface area contributed by atoms with Gasteiger partial charge in [-0.15, -0.1) is 0 Å². The topological polar surface area (TPSA) is 60.2 Å². The molecule has 0 aliphatic carbocycles. The van der Waals surface area contributed by atoms with Crippen molar-refractivity contribution in [3.8, 4) is 11.1 Å². The van der Waals surface area contributed by atoms with E-state index in [0.717, 1.165) is 6.07 Å². The molecule has 2 aromatic rings. The van der Waals surface area contributed by atoms with Crippen LogP contribution in [0.25, 0.3) is 11.1 Å². The minimum absolute atomic E-state index is 0.0124. The zero-order valence-electron chi connectivity index (χ0n) is 9.47. The fourth-order valence-electron chi connectivity index (χ4n) is 1.66. The first-order chi connectivity index (χ1) is 9.04. The minimum Gasteiger partial charge on any atom is -0.298 e. The van der Waals surface area contributed by atoms with Crippen LogP contribution < -0.4 is 0 Å². The molecule has 0 aromatic heterocycles. The van der Waals surface area contributed by atoms with Crippen LogP contribution in [0.5, 0.6) is 0 Å². The van der Waals surface area contributed by atoms with Crippen LogP contribution >= 0.6 is 0 Å². The highest BCUT2D eigenvalue weighted by Crippen LogP contribution is 2.27. The number of halogens is 2. The van der Waals surface area contributed by atoms with Gasteiger partial charge in [0.2, 0.25) is 0 Å². The zero-order chi connectivity index (χ0) is 14.0. The van der Waals surface area contributed by atoms with E-state index in [-0.39, 0.29) is 17.5 Å². The summed E-state index contributed by atoms with van der Waals surface area (Å²) in [5.41, 5.74) is -0.456. The quantitative estimate of drug-likeness (QED) is 0.484. The average molecular weight is 263 g/mol. The molecular formula is C13H7F2NO3. The Bertz CT molecular complexity index is 654. The lowest BCUT2D eigenvalue weighted by Crippen LogP contribution is -1.96. The minimum atomic E-state index is -0.983. The summed E-state index contributed by atoms with van der Waals surface area (Å²) in [6.45, 7) is 0. The molecule has 0 saturated carbocycles. The number of hydrogen-bond acceptors (Lipinski definition) is 3. The summed E-state index contributed by atoms with van der Waals surface area (Å²) in [6.07, 6.45) is 0.0968. The van der Waals surface area contributed by atoms with Crippen LogP contribution in [0.2, 0.25) is 0 Å². The largest absolute Gasteiger partial charge is 0.298 e. The molecule has 0 fully saturated rings. The van der Waals surface area contributed by atoms with Gasteiger partial charge in [0.1, 0.15) is 11.6 Å². The molecule has 2 aromatic carbocycles. The lowest BCUT2D eigenvalue weighted by atomic mass is 10.0. The molecule has 0 spiro atoms. The number of non-ortho nitro benzene ring substituents is 1. The number of aldehydes is 1. The van der Waals surface area contributed by atoms with Gasteiger partial charge < -0.3 is 0 Å². The maximum absolute atomic E-state index is 13.9. The Morgan fingerprint density at radius 1 is 1.05 bits per heavy atom. The predicted molar refractivity (Wildman–Crippen MR) is 63.8 cm³/mol. The van der Waals surface area contributed by atoms with Crippen molar-refractivity contribution in [3.05, 3.63) is 63.7 Å². The van der Waals surface area contributed by atoms with Crippen LogP contribution in [0.15, 0.2) is 36.4 Å². The van der Waals surface area contributed by atoms with Crippen molar-refractivity contribution < 1.29 is 18.5 Å². The van der Waals surface area contributed by atoms with E-state index in [9.17, 15) is 23.7 Å². The number of rotatable bonds is 3. The maximum Gasteiger partial charge on any atom is 0.269 e. The summed E-state index contributed by atoms with van der Waals surface area (Å²) < 4.78 is 27.0. The van der Waals surface area contributed by atoms with E-state index >= 15 is 0 Å². The van der Waals surface area contributed by atoms with Crippen molar-refractivity contribution in [1.82, 2.24) is 0 Å². The van der Waals surface area contributed by atoms with Crippen LogP contribution in [0.4, 0.5) is 14.5 Å². The van der Waals surface area contributed by atoms with Gasteiger partial charge >= 0.3 is 0 Å². The van der Waals surface area contributed by atoms with Crippen molar-refractivity contribution in [2.75, 3.05) is 0 Å². The summed E-state index contributed by atoms with van der Waals surface area (Å²) in [7, 11) is 0. The Hall–Kier alpha value is -2.63. The maximum atomic E-state index is 13.9. The number of nitrogens with zero attached hydrogens (tertiary/aromatic N) is 1. The molecule has 0 bridgehead atoms. The van der Waals surface area contributed by atoms with Gasteiger partial charge in [-0.3, -0.25) is 14.9 Å². The van der Waals surface area contributed by atoms with Gasteiger partial charge in [-0.2, -0.15) is 0 Å². The molecule has 0 aliphatic rings. The highest BCUT2D eigenvalue weighted by Gasteiger charge is 2.15. The summed E-state index contributed by atoms with van der Waals surface area (Å²) in [4.78, 5) is 20.5. The van der Waals surface area contributed by atoms with Crippen LogP contribution in [0.3, 0.4) is 0 Å². The van der Waals surface area contributed by atoms with Crippen LogP contribution in [-0.4, -0.2) is 11.2 Å². The molecule has 2 rings (SSSR count). The summed E-state index contributed by atoms with van der Waals surface area (Å²) in [5, 5.41) is 10.5. The Labute approximate surface area is 106 Å². The molecule has 0 radical (unpaired) electrons. The van der Waals surface area contributed by atoms with Crippen molar-refractivity contribution in [1.29, 1.82) is 0 Å². The molecule has 0 N–H and O–H groups in total. The Balaban J connectivity index is 2.53. The molecule has 19 heavy (non-hydrogen) atoms. The van der Waals surface area contributed by atoms with Gasteiger partial charge in [-0.25, -0.2) is 8.78 Å². The molecule has 0 amide bonds. The van der Waals surface area contributed by atoms with Crippen molar-refractivity contribution in [3.63, 3.8) is 0 Å². The van der Waals surface area contributed by atoms with E-state index in [1.165, 1.54) is 30.3 Å². The van der Waals surface area contributed by atoms with Gasteiger partial charge in [0.25, 0.3) is 5.69 Å². The molecule has 0 atom stereocenters. The standard InChI is InChI=1S/C13H7F2NO3/c14-12-6-5-10(13(15)11(12)7-17)8-1-3-9(4-2-8)16(18)19/h1-7H. The first kappa shape index (κ1) is 12.8. The second-order valence-corrected chi connectivity index (χ2v) is 3.74. The fraction of sp³-hybridized carbons (Fsp3) is 0. The van der Waals surface area contributed by atoms with E-state index in [1.54, 1.807) is 0 Å². The second-order valence-electron chi connectivity index (χ2n) is 3.74. The number of nitro groups is 1. The van der Waals surface area contributed by atoms with E-state index in [1.807, 2.05) is 0 Å². The predicted octanol–water partition coefficient (Wildman–Crippen LogP) is 3.35. The Kier molecular flexibility index (Phi) is 3.33. The molecular weight excluding hydrogens is 256 g/mol. The van der Waals surface area contributed by atoms with Crippen molar-refractivity contribution in [2.45, 2.75) is 0 Å². The van der Waals surface area contributed by atoms with E-state index in [0.29, 0.717) is 5.56 Å². The molecule has 96 valence electrons. The highest BCUT2D eigenvalue weighted by molar-refractivity contribution is 5.80. The fourth-order valence-corrected chi connectivity index (χ4v) is 1.66. The SMILES string of the molecule is O=Cc1c(F)ccc(-c2ccc([N+](=O)[O-])cc2)c1F. The van der Waals surface area contributed by atoms with Gasteiger partial charge in [-0.1, -0.05) is 0 Å². The van der Waals surface area contributed by atoms with Gasteiger partial charge in [0.05, 0.1) is 10.5 Å². The number of carbonyl (C=O) groups is 1. The smallest absolute Gasteiger partial charge is 0.269 e. The highest BCUT2D eigenvalue weighted by atomic mass is 19.1. The number of nitro benzene ring substituents is 1. The lowest BCUT2D eigenvalue weighted by molar-refractivity contribution is -0.384.